The second-order valence-corrected chi connectivity index (χ2v) is 6.73. The van der Waals surface area contributed by atoms with Crippen LogP contribution in [0.25, 0.3) is 11.0 Å². The van der Waals surface area contributed by atoms with E-state index in [0.29, 0.717) is 23.5 Å². The number of nitrogens with zero attached hydrogens (tertiary/aromatic N) is 5. The number of piperazine rings is 1. The summed E-state index contributed by atoms with van der Waals surface area (Å²) in [7, 11) is 5.96. The number of phenolic OH excluding ortho intramolecular Hbond substituents is 1. The zero-order valence-electron chi connectivity index (χ0n) is 14.5. The predicted octanol–water partition coefficient (Wildman–Crippen LogP) is 1.44. The van der Waals surface area contributed by atoms with Crippen LogP contribution in [0.15, 0.2) is 36.7 Å². The van der Waals surface area contributed by atoms with Crippen molar-refractivity contribution in [1.29, 1.82) is 0 Å². The largest absolute Gasteiger partial charge is 0.508 e. The third-order valence-electron chi connectivity index (χ3n) is 4.90. The smallest absolute Gasteiger partial charge is 0.182 e. The highest BCUT2D eigenvalue weighted by Gasteiger charge is 2.33. The minimum absolute atomic E-state index is 0.180. The van der Waals surface area contributed by atoms with Gasteiger partial charge in [-0.15, -0.1) is 0 Å². The van der Waals surface area contributed by atoms with Gasteiger partial charge >= 0.3 is 0 Å². The molecule has 1 unspecified atom stereocenters. The average Bonchev–Trinajstić information content (AvgIpc) is 2.68. The molecule has 4 heterocycles. The van der Waals surface area contributed by atoms with E-state index in [-0.39, 0.29) is 11.8 Å². The Morgan fingerprint density at radius 1 is 1.19 bits per heavy atom. The lowest BCUT2D eigenvalue weighted by atomic mass is 10.1. The van der Waals surface area contributed by atoms with Gasteiger partial charge in [0.1, 0.15) is 24.2 Å². The number of hydrogen-bond acceptors (Lipinski definition) is 8. The summed E-state index contributed by atoms with van der Waals surface area (Å²) in [4.78, 5) is 17.6. The van der Waals surface area contributed by atoms with E-state index in [0.717, 1.165) is 36.9 Å². The highest BCUT2D eigenvalue weighted by Crippen LogP contribution is 2.37. The molecule has 8 nitrogen and oxygen atoms in total. The summed E-state index contributed by atoms with van der Waals surface area (Å²) >= 11 is 0. The molecule has 2 aliphatic rings. The summed E-state index contributed by atoms with van der Waals surface area (Å²) in [6, 6.07) is 8.88. The topological polar surface area (TPSA) is 86.6 Å². The number of aromatic hydroxyl groups is 1. The first-order chi connectivity index (χ1) is 13.2. The van der Waals surface area contributed by atoms with Crippen molar-refractivity contribution < 1.29 is 9.84 Å². The Morgan fingerprint density at radius 2 is 2.04 bits per heavy atom. The summed E-state index contributed by atoms with van der Waals surface area (Å²) in [6.07, 6.45) is 1.50. The van der Waals surface area contributed by atoms with Crippen molar-refractivity contribution in [3.63, 3.8) is 0 Å². The van der Waals surface area contributed by atoms with E-state index in [4.69, 9.17) is 17.7 Å². The van der Waals surface area contributed by atoms with Gasteiger partial charge in [-0.3, -0.25) is 0 Å². The van der Waals surface area contributed by atoms with Crippen LogP contribution in [0.2, 0.25) is 0 Å². The summed E-state index contributed by atoms with van der Waals surface area (Å²) < 4.78 is 5.93. The maximum Gasteiger partial charge on any atom is 0.182 e. The van der Waals surface area contributed by atoms with Crippen molar-refractivity contribution in [2.45, 2.75) is 6.04 Å². The van der Waals surface area contributed by atoms with Gasteiger partial charge in [0, 0.05) is 31.4 Å². The third kappa shape index (κ3) is 2.89. The van der Waals surface area contributed by atoms with E-state index in [1.807, 2.05) is 10.9 Å². The molecule has 1 atom stereocenters. The van der Waals surface area contributed by atoms with Crippen LogP contribution >= 0.6 is 0 Å². The van der Waals surface area contributed by atoms with Crippen molar-refractivity contribution in [2.75, 3.05) is 36.5 Å². The number of phenols is 1. The van der Waals surface area contributed by atoms with E-state index in [9.17, 15) is 5.11 Å². The van der Waals surface area contributed by atoms with Crippen molar-refractivity contribution in [3.8, 4) is 11.5 Å². The molecule has 3 aromatic rings. The Kier molecular flexibility index (Phi) is 3.75. The summed E-state index contributed by atoms with van der Waals surface area (Å²) in [5.74, 6) is 2.35. The fraction of sp³-hybridized carbons (Fsp3) is 0.278. The minimum Gasteiger partial charge on any atom is -0.508 e. The fourth-order valence-corrected chi connectivity index (χ4v) is 3.53. The van der Waals surface area contributed by atoms with Gasteiger partial charge in [-0.25, -0.2) is 15.0 Å². The molecule has 1 saturated heterocycles. The number of rotatable bonds is 2. The molecule has 0 amide bonds. The number of hydrogen-bond donors (Lipinski definition) is 2. The second-order valence-electron chi connectivity index (χ2n) is 6.73. The van der Waals surface area contributed by atoms with Gasteiger partial charge in [-0.2, -0.15) is 0 Å². The average molecular weight is 360 g/mol. The van der Waals surface area contributed by atoms with Crippen LogP contribution in [0.1, 0.15) is 0 Å². The Balaban J connectivity index is 1.56. The van der Waals surface area contributed by atoms with Crippen LogP contribution in [0.3, 0.4) is 0 Å². The Morgan fingerprint density at radius 3 is 2.89 bits per heavy atom. The van der Waals surface area contributed by atoms with Crippen LogP contribution in [0, 0.1) is 0 Å². The maximum atomic E-state index is 9.46. The number of aromatic nitrogens is 3. The number of pyridine rings is 1. The zero-order valence-corrected chi connectivity index (χ0v) is 14.5. The Bertz CT molecular complexity index is 999. The molecule has 1 aromatic carbocycles. The van der Waals surface area contributed by atoms with E-state index < -0.39 is 0 Å². The number of ether oxygens (including phenoxy) is 1. The lowest BCUT2D eigenvalue weighted by Crippen LogP contribution is -2.56. The van der Waals surface area contributed by atoms with E-state index >= 15 is 0 Å². The molecule has 2 aromatic heterocycles. The van der Waals surface area contributed by atoms with Crippen LogP contribution in [0.4, 0.5) is 17.3 Å². The van der Waals surface area contributed by atoms with Gasteiger partial charge in [0.2, 0.25) is 0 Å². The molecule has 0 saturated carbocycles. The summed E-state index contributed by atoms with van der Waals surface area (Å²) in [5.41, 5.74) is 2.18. The van der Waals surface area contributed by atoms with Crippen molar-refractivity contribution >= 4 is 36.3 Å². The molecule has 5 rings (SSSR count). The second kappa shape index (κ2) is 6.28. The van der Waals surface area contributed by atoms with Gasteiger partial charge < -0.3 is 24.9 Å². The molecular formula is C18H17BN6O2. The van der Waals surface area contributed by atoms with Gasteiger partial charge in [0.25, 0.3) is 0 Å². The molecule has 9 heteroatoms. The molecule has 134 valence electrons. The Labute approximate surface area is 157 Å². The van der Waals surface area contributed by atoms with Crippen molar-refractivity contribution in [2.24, 2.45) is 0 Å². The first kappa shape index (κ1) is 16.1. The number of benzene rings is 1. The monoisotopic (exact) mass is 360 g/mol. The molecule has 2 aliphatic heterocycles. The number of nitrogens with one attached hydrogen (secondary N) is 1. The van der Waals surface area contributed by atoms with Gasteiger partial charge in [0.05, 0.1) is 11.6 Å². The van der Waals surface area contributed by atoms with Gasteiger partial charge in [-0.05, 0) is 24.3 Å². The van der Waals surface area contributed by atoms with Crippen LogP contribution < -0.4 is 15.0 Å². The van der Waals surface area contributed by atoms with Gasteiger partial charge in [-0.1, -0.05) is 0 Å². The highest BCUT2D eigenvalue weighted by molar-refractivity contribution is 6.04. The van der Waals surface area contributed by atoms with E-state index in [1.165, 1.54) is 6.33 Å². The molecule has 2 N–H and O–H groups in total. The minimum atomic E-state index is 0.180. The molecule has 1 fully saturated rings. The quantitative estimate of drug-likeness (QED) is 0.525. The lowest BCUT2D eigenvalue weighted by molar-refractivity contribution is 0.216. The molecule has 2 radical (unpaired) electrons. The summed E-state index contributed by atoms with van der Waals surface area (Å²) in [6.45, 7) is 2.89. The Hall–Kier alpha value is -3.07. The molecular weight excluding hydrogens is 343 g/mol. The SMILES string of the molecule is [B]N1CCN2c3nc4c(Nc5ccc(O)cc5)ncnc4cc3OCC2C1. The molecule has 0 spiro atoms. The lowest BCUT2D eigenvalue weighted by Gasteiger charge is -2.44. The van der Waals surface area contributed by atoms with Gasteiger partial charge in [0.15, 0.2) is 25.4 Å². The predicted molar refractivity (Wildman–Crippen MR) is 103 cm³/mol. The zero-order chi connectivity index (χ0) is 18.4. The standard InChI is InChI=1S/C18H17BN6O2/c19-24-5-6-25-12(8-24)9-27-15-7-14-16(23-18(15)25)17(21-10-20-14)22-11-1-3-13(26)4-2-11/h1-4,7,10,12,26H,5-6,8-9H2,(H,20,21,22). The number of fused-ring (bicyclic) bond motifs is 4. The van der Waals surface area contributed by atoms with Crippen molar-refractivity contribution in [3.05, 3.63) is 36.7 Å². The van der Waals surface area contributed by atoms with E-state index in [2.05, 4.69) is 20.2 Å². The fourth-order valence-electron chi connectivity index (χ4n) is 3.53. The van der Waals surface area contributed by atoms with Crippen molar-refractivity contribution in [1.82, 2.24) is 19.8 Å². The molecule has 27 heavy (non-hydrogen) atoms. The highest BCUT2D eigenvalue weighted by atomic mass is 16.5. The van der Waals surface area contributed by atoms with Crippen LogP contribution in [0.5, 0.6) is 11.5 Å². The molecule has 0 aliphatic carbocycles. The number of anilines is 3. The normalized spacial score (nSPS) is 19.3. The first-order valence-electron chi connectivity index (χ1n) is 8.78. The van der Waals surface area contributed by atoms with Crippen LogP contribution in [-0.4, -0.2) is 65.1 Å². The van der Waals surface area contributed by atoms with E-state index in [1.54, 1.807) is 24.3 Å². The summed E-state index contributed by atoms with van der Waals surface area (Å²) in [5, 5.41) is 12.7. The maximum absolute atomic E-state index is 9.46. The molecule has 0 bridgehead atoms. The van der Waals surface area contributed by atoms with Crippen LogP contribution in [-0.2, 0) is 0 Å². The third-order valence-corrected chi connectivity index (χ3v) is 4.90. The first-order valence-corrected chi connectivity index (χ1v) is 8.78.